The van der Waals surface area contributed by atoms with E-state index in [0.717, 1.165) is 25.9 Å². The van der Waals surface area contributed by atoms with Gasteiger partial charge in [-0.3, -0.25) is 0 Å². The lowest BCUT2D eigenvalue weighted by atomic mass is 10.1. The number of carboxylic acid groups (broad SMARTS) is 1. The van der Waals surface area contributed by atoms with Crippen LogP contribution in [0.2, 0.25) is 0 Å². The van der Waals surface area contributed by atoms with Gasteiger partial charge in [0, 0.05) is 14.6 Å². The second-order valence-electron chi connectivity index (χ2n) is 4.08. The summed E-state index contributed by atoms with van der Waals surface area (Å²) in [5.41, 5.74) is 2.82. The molecule has 19 heavy (non-hydrogen) atoms. The standard InChI is InChI=1S/C14H11Br2NO2/c1-8-6-10(3-4-11(8)14(18)19)17-13-5-2-9(15)7-12(13)16/h2-7,17H,1H3,(H,18,19). The summed E-state index contributed by atoms with van der Waals surface area (Å²) < 4.78 is 1.92. The highest BCUT2D eigenvalue weighted by atomic mass is 79.9. The van der Waals surface area contributed by atoms with Crippen molar-refractivity contribution in [2.75, 3.05) is 5.32 Å². The van der Waals surface area contributed by atoms with E-state index in [9.17, 15) is 4.79 Å². The first-order chi connectivity index (χ1) is 8.97. The number of aryl methyl sites for hydroxylation is 1. The van der Waals surface area contributed by atoms with Crippen LogP contribution in [-0.4, -0.2) is 11.1 Å². The third kappa shape index (κ3) is 3.36. The zero-order valence-corrected chi connectivity index (χ0v) is 13.2. The maximum absolute atomic E-state index is 10.9. The Morgan fingerprint density at radius 2 is 1.89 bits per heavy atom. The second kappa shape index (κ2) is 5.75. The normalized spacial score (nSPS) is 10.3. The molecule has 2 rings (SSSR count). The van der Waals surface area contributed by atoms with Gasteiger partial charge in [0.25, 0.3) is 0 Å². The molecule has 3 nitrogen and oxygen atoms in total. The van der Waals surface area contributed by atoms with E-state index < -0.39 is 5.97 Å². The zero-order chi connectivity index (χ0) is 14.0. The highest BCUT2D eigenvalue weighted by Crippen LogP contribution is 2.29. The van der Waals surface area contributed by atoms with Crippen LogP contribution in [0.5, 0.6) is 0 Å². The lowest BCUT2D eigenvalue weighted by Crippen LogP contribution is -2.00. The van der Waals surface area contributed by atoms with E-state index in [2.05, 4.69) is 37.2 Å². The highest BCUT2D eigenvalue weighted by molar-refractivity contribution is 9.11. The van der Waals surface area contributed by atoms with Gasteiger partial charge in [-0.05, 0) is 64.8 Å². The number of carbonyl (C=O) groups is 1. The van der Waals surface area contributed by atoms with E-state index in [1.54, 1.807) is 19.1 Å². The minimum atomic E-state index is -0.908. The van der Waals surface area contributed by atoms with Gasteiger partial charge in [0.2, 0.25) is 0 Å². The van der Waals surface area contributed by atoms with E-state index in [1.807, 2.05) is 24.3 Å². The van der Waals surface area contributed by atoms with Crippen molar-refractivity contribution in [1.82, 2.24) is 0 Å². The summed E-state index contributed by atoms with van der Waals surface area (Å²) in [6.45, 7) is 1.78. The van der Waals surface area contributed by atoms with Crippen LogP contribution >= 0.6 is 31.9 Å². The quantitative estimate of drug-likeness (QED) is 0.785. The smallest absolute Gasteiger partial charge is 0.335 e. The van der Waals surface area contributed by atoms with Crippen LogP contribution in [0.3, 0.4) is 0 Å². The predicted octanol–water partition coefficient (Wildman–Crippen LogP) is 4.96. The van der Waals surface area contributed by atoms with Crippen LogP contribution in [0.1, 0.15) is 15.9 Å². The second-order valence-corrected chi connectivity index (χ2v) is 5.85. The fraction of sp³-hybridized carbons (Fsp3) is 0.0714. The number of rotatable bonds is 3. The van der Waals surface area contributed by atoms with Crippen LogP contribution in [0.25, 0.3) is 0 Å². The van der Waals surface area contributed by atoms with Crippen molar-refractivity contribution >= 4 is 49.2 Å². The van der Waals surface area contributed by atoms with Crippen molar-refractivity contribution in [3.05, 3.63) is 56.5 Å². The van der Waals surface area contributed by atoms with Crippen molar-refractivity contribution in [2.45, 2.75) is 6.92 Å². The Hall–Kier alpha value is -1.33. The Kier molecular flexibility index (Phi) is 4.27. The summed E-state index contributed by atoms with van der Waals surface area (Å²) in [6, 6.07) is 11.0. The Balaban J connectivity index is 2.29. The molecule has 0 heterocycles. The van der Waals surface area contributed by atoms with E-state index in [0.29, 0.717) is 5.56 Å². The van der Waals surface area contributed by atoms with Crippen molar-refractivity contribution < 1.29 is 9.90 Å². The number of hydrogen-bond donors (Lipinski definition) is 2. The van der Waals surface area contributed by atoms with Gasteiger partial charge in [0.1, 0.15) is 0 Å². The molecule has 0 bridgehead atoms. The molecule has 0 aliphatic heterocycles. The Morgan fingerprint density at radius 1 is 1.16 bits per heavy atom. The van der Waals surface area contributed by atoms with Gasteiger partial charge >= 0.3 is 5.97 Å². The fourth-order valence-corrected chi connectivity index (χ4v) is 2.87. The molecule has 2 aromatic carbocycles. The molecular weight excluding hydrogens is 374 g/mol. The molecule has 0 aliphatic carbocycles. The maximum Gasteiger partial charge on any atom is 0.335 e. The van der Waals surface area contributed by atoms with Crippen LogP contribution in [0, 0.1) is 6.92 Å². The summed E-state index contributed by atoms with van der Waals surface area (Å²) in [6.07, 6.45) is 0. The van der Waals surface area contributed by atoms with Crippen molar-refractivity contribution in [3.63, 3.8) is 0 Å². The van der Waals surface area contributed by atoms with Gasteiger partial charge in [-0.2, -0.15) is 0 Å². The average molecular weight is 385 g/mol. The monoisotopic (exact) mass is 383 g/mol. The van der Waals surface area contributed by atoms with Gasteiger partial charge < -0.3 is 10.4 Å². The molecule has 0 spiro atoms. The van der Waals surface area contributed by atoms with E-state index >= 15 is 0 Å². The molecule has 5 heteroatoms. The molecule has 0 saturated carbocycles. The molecule has 2 N–H and O–H groups in total. The summed E-state index contributed by atoms with van der Waals surface area (Å²) in [5.74, 6) is -0.908. The average Bonchev–Trinajstić information content (AvgIpc) is 2.32. The van der Waals surface area contributed by atoms with Crippen LogP contribution < -0.4 is 5.32 Å². The van der Waals surface area contributed by atoms with Gasteiger partial charge in [-0.15, -0.1) is 0 Å². The van der Waals surface area contributed by atoms with Crippen molar-refractivity contribution in [1.29, 1.82) is 0 Å². The Morgan fingerprint density at radius 3 is 2.47 bits per heavy atom. The summed E-state index contributed by atoms with van der Waals surface area (Å²) in [4.78, 5) is 10.9. The first kappa shape index (κ1) is 14.1. The number of benzene rings is 2. The molecular formula is C14H11Br2NO2. The fourth-order valence-electron chi connectivity index (χ4n) is 1.73. The third-order valence-electron chi connectivity index (χ3n) is 2.67. The summed E-state index contributed by atoms with van der Waals surface area (Å²) in [5, 5.41) is 12.2. The third-order valence-corrected chi connectivity index (χ3v) is 3.82. The molecule has 2 aromatic rings. The molecule has 98 valence electrons. The molecule has 0 radical (unpaired) electrons. The van der Waals surface area contributed by atoms with Gasteiger partial charge in [-0.1, -0.05) is 15.9 Å². The van der Waals surface area contributed by atoms with E-state index in [-0.39, 0.29) is 0 Å². The van der Waals surface area contributed by atoms with Crippen molar-refractivity contribution in [3.8, 4) is 0 Å². The molecule has 0 aliphatic rings. The van der Waals surface area contributed by atoms with Gasteiger partial charge in [-0.25, -0.2) is 4.79 Å². The lowest BCUT2D eigenvalue weighted by Gasteiger charge is -2.10. The predicted molar refractivity (Wildman–Crippen MR) is 83.3 cm³/mol. The van der Waals surface area contributed by atoms with E-state index in [4.69, 9.17) is 5.11 Å². The Labute approximate surface area is 127 Å². The first-order valence-corrected chi connectivity index (χ1v) is 7.12. The lowest BCUT2D eigenvalue weighted by molar-refractivity contribution is 0.0696. The van der Waals surface area contributed by atoms with Crippen LogP contribution in [0.15, 0.2) is 45.3 Å². The number of anilines is 2. The van der Waals surface area contributed by atoms with Crippen LogP contribution in [0.4, 0.5) is 11.4 Å². The number of aromatic carboxylic acids is 1. The number of hydrogen-bond acceptors (Lipinski definition) is 2. The molecule has 0 atom stereocenters. The zero-order valence-electron chi connectivity index (χ0n) is 10.1. The van der Waals surface area contributed by atoms with Crippen molar-refractivity contribution in [2.24, 2.45) is 0 Å². The van der Waals surface area contributed by atoms with Gasteiger partial charge in [0.05, 0.1) is 11.3 Å². The van der Waals surface area contributed by atoms with E-state index in [1.165, 1.54) is 0 Å². The minimum Gasteiger partial charge on any atom is -0.478 e. The largest absolute Gasteiger partial charge is 0.478 e. The minimum absolute atomic E-state index is 0.320. The summed E-state index contributed by atoms with van der Waals surface area (Å²) in [7, 11) is 0. The number of halogens is 2. The number of nitrogens with one attached hydrogen (secondary N) is 1. The van der Waals surface area contributed by atoms with Gasteiger partial charge in [0.15, 0.2) is 0 Å². The van der Waals surface area contributed by atoms with Crippen LogP contribution in [-0.2, 0) is 0 Å². The topological polar surface area (TPSA) is 49.3 Å². The molecule has 0 unspecified atom stereocenters. The number of carboxylic acids is 1. The molecule has 0 saturated heterocycles. The molecule has 0 fully saturated rings. The first-order valence-electron chi connectivity index (χ1n) is 5.53. The maximum atomic E-state index is 10.9. The summed E-state index contributed by atoms with van der Waals surface area (Å²) >= 11 is 6.87. The Bertz CT molecular complexity index is 641. The SMILES string of the molecule is Cc1cc(Nc2ccc(Br)cc2Br)ccc1C(=O)O. The molecule has 0 aromatic heterocycles. The molecule has 0 amide bonds. The highest BCUT2D eigenvalue weighted by Gasteiger charge is 2.08.